The van der Waals surface area contributed by atoms with Crippen LogP contribution in [0.3, 0.4) is 0 Å². The van der Waals surface area contributed by atoms with Crippen molar-refractivity contribution >= 4 is 14.7 Å². The highest BCUT2D eigenvalue weighted by Gasteiger charge is 2.29. The summed E-state index contributed by atoms with van der Waals surface area (Å²) in [4.78, 5) is 0. The van der Waals surface area contributed by atoms with E-state index >= 15 is 0 Å². The van der Waals surface area contributed by atoms with E-state index in [4.69, 9.17) is 0 Å². The third-order valence-electron chi connectivity index (χ3n) is 3.57. The summed E-state index contributed by atoms with van der Waals surface area (Å²) in [5, 5.41) is 1.03. The second-order valence-electron chi connectivity index (χ2n) is 5.48. The van der Waals surface area contributed by atoms with Gasteiger partial charge >= 0.3 is 6.18 Å². The van der Waals surface area contributed by atoms with Gasteiger partial charge in [-0.25, -0.2) is 0 Å². The minimum absolute atomic E-state index is 0.553. The molecule has 0 aliphatic rings. The van der Waals surface area contributed by atoms with Crippen molar-refractivity contribution in [3.05, 3.63) is 29.8 Å². The minimum Gasteiger partial charge on any atom is -0.166 e. The Morgan fingerprint density at radius 3 is 1.86 bits per heavy atom. The zero-order valence-electron chi connectivity index (χ0n) is 12.8. The second-order valence-corrected chi connectivity index (χ2v) is 6.91. The van der Waals surface area contributed by atoms with Crippen molar-refractivity contribution in [2.75, 3.05) is 0 Å². The Bertz CT molecular complexity index is 371. The van der Waals surface area contributed by atoms with E-state index in [1.807, 2.05) is 0 Å². The Labute approximate surface area is 129 Å². The molecule has 4 heteroatoms. The van der Waals surface area contributed by atoms with Gasteiger partial charge in [0.25, 0.3) is 0 Å². The number of hydrogen-bond donors (Lipinski definition) is 0. The molecule has 0 aromatic heterocycles. The van der Waals surface area contributed by atoms with Crippen molar-refractivity contribution in [3.63, 3.8) is 0 Å². The maximum Gasteiger partial charge on any atom is 0.416 e. The maximum atomic E-state index is 12.4. The minimum atomic E-state index is -4.22. The van der Waals surface area contributed by atoms with Gasteiger partial charge in [0.2, 0.25) is 0 Å². The van der Waals surface area contributed by atoms with E-state index in [-0.39, 0.29) is 0 Å². The van der Waals surface area contributed by atoms with Crippen molar-refractivity contribution < 1.29 is 13.2 Å². The van der Waals surface area contributed by atoms with Crippen LogP contribution in [-0.4, -0.2) is 9.52 Å². The highest BCUT2D eigenvalue weighted by Crippen LogP contribution is 2.28. The van der Waals surface area contributed by atoms with E-state index in [9.17, 15) is 13.2 Å². The summed E-state index contributed by atoms with van der Waals surface area (Å²) in [5.41, 5.74) is -0.553. The number of halogens is 3. The lowest BCUT2D eigenvalue weighted by atomic mass is 10.1. The van der Waals surface area contributed by atoms with Crippen LogP contribution < -0.4 is 5.19 Å². The molecule has 1 rings (SSSR count). The molecule has 1 aromatic rings. The van der Waals surface area contributed by atoms with E-state index in [0.29, 0.717) is 9.52 Å². The van der Waals surface area contributed by atoms with Crippen LogP contribution in [0.15, 0.2) is 24.3 Å². The Balaban J connectivity index is 2.08. The first-order chi connectivity index (χ1) is 10.0. The van der Waals surface area contributed by atoms with Gasteiger partial charge in [0, 0.05) is 0 Å². The summed E-state index contributed by atoms with van der Waals surface area (Å²) in [5.74, 6) is 0. The molecule has 0 spiro atoms. The lowest BCUT2D eigenvalue weighted by Gasteiger charge is -2.07. The van der Waals surface area contributed by atoms with E-state index in [0.717, 1.165) is 11.2 Å². The molecule has 0 heterocycles. The standard InChI is InChI=1S/C17H25F3Si/c1-2-3-4-5-6-7-8-9-14-21-16-12-10-15(11-13-16)17(18,19)20/h10-13H,2-9,14H2,1H3. The van der Waals surface area contributed by atoms with Crippen LogP contribution in [-0.2, 0) is 6.18 Å². The highest BCUT2D eigenvalue weighted by molar-refractivity contribution is 6.53. The van der Waals surface area contributed by atoms with Gasteiger partial charge in [-0.2, -0.15) is 13.2 Å². The number of alkyl halides is 3. The summed E-state index contributed by atoms with van der Waals surface area (Å²) in [6.07, 6.45) is 6.15. The maximum absolute atomic E-state index is 12.4. The van der Waals surface area contributed by atoms with Crippen molar-refractivity contribution in [1.82, 2.24) is 0 Å². The van der Waals surface area contributed by atoms with Gasteiger partial charge < -0.3 is 0 Å². The Morgan fingerprint density at radius 2 is 1.33 bits per heavy atom. The molecule has 0 unspecified atom stereocenters. The van der Waals surface area contributed by atoms with Crippen LogP contribution in [0, 0.1) is 0 Å². The van der Waals surface area contributed by atoms with Gasteiger partial charge in [-0.15, -0.1) is 0 Å². The van der Waals surface area contributed by atoms with Gasteiger partial charge in [-0.1, -0.05) is 93.8 Å². The molecule has 0 aliphatic carbocycles. The third-order valence-corrected chi connectivity index (χ3v) is 4.92. The highest BCUT2D eigenvalue weighted by atomic mass is 28.2. The molecule has 0 nitrogen and oxygen atoms in total. The second kappa shape index (κ2) is 10.0. The summed E-state index contributed by atoms with van der Waals surface area (Å²) in [6.45, 7) is 2.22. The van der Waals surface area contributed by atoms with Gasteiger partial charge in [-0.3, -0.25) is 0 Å². The fourth-order valence-electron chi connectivity index (χ4n) is 2.27. The monoisotopic (exact) mass is 314 g/mol. The van der Waals surface area contributed by atoms with Crippen molar-refractivity contribution in [1.29, 1.82) is 0 Å². The molecular formula is C17H25F3Si. The lowest BCUT2D eigenvalue weighted by molar-refractivity contribution is -0.137. The lowest BCUT2D eigenvalue weighted by Crippen LogP contribution is -2.15. The molecule has 0 aliphatic heterocycles. The molecule has 0 bridgehead atoms. The molecule has 0 fully saturated rings. The van der Waals surface area contributed by atoms with Gasteiger partial charge in [0.05, 0.1) is 15.1 Å². The van der Waals surface area contributed by atoms with Gasteiger partial charge in [-0.05, 0) is 0 Å². The predicted molar refractivity (Wildman–Crippen MR) is 84.2 cm³/mol. The smallest absolute Gasteiger partial charge is 0.166 e. The first-order valence-electron chi connectivity index (χ1n) is 7.95. The average Bonchev–Trinajstić information content (AvgIpc) is 2.45. The summed E-state index contributed by atoms with van der Waals surface area (Å²) >= 11 is 0. The van der Waals surface area contributed by atoms with Crippen LogP contribution in [0.1, 0.15) is 63.9 Å². The predicted octanol–water partition coefficient (Wildman–Crippen LogP) is 5.59. The van der Waals surface area contributed by atoms with Crippen LogP contribution in [0.5, 0.6) is 0 Å². The van der Waals surface area contributed by atoms with Gasteiger partial charge in [0.15, 0.2) is 0 Å². The molecule has 0 atom stereocenters. The number of unbranched alkanes of at least 4 members (excludes halogenated alkanes) is 7. The van der Waals surface area contributed by atoms with E-state index in [2.05, 4.69) is 6.92 Å². The molecule has 2 radical (unpaired) electrons. The number of benzene rings is 1. The van der Waals surface area contributed by atoms with Crippen molar-refractivity contribution in [2.45, 2.75) is 70.5 Å². The van der Waals surface area contributed by atoms with Crippen molar-refractivity contribution in [2.24, 2.45) is 0 Å². The SMILES string of the molecule is CCCCCCCCCC[Si]c1ccc(C(F)(F)F)cc1. The van der Waals surface area contributed by atoms with Crippen LogP contribution in [0.2, 0.25) is 6.04 Å². The van der Waals surface area contributed by atoms with Crippen LogP contribution >= 0.6 is 0 Å². The normalized spacial score (nSPS) is 11.8. The molecule has 118 valence electrons. The molecular weight excluding hydrogens is 289 g/mol. The molecule has 0 N–H and O–H groups in total. The van der Waals surface area contributed by atoms with Crippen LogP contribution in [0.25, 0.3) is 0 Å². The third kappa shape index (κ3) is 8.30. The Hall–Kier alpha value is -0.773. The summed E-state index contributed by atoms with van der Waals surface area (Å²) < 4.78 is 37.3. The average molecular weight is 314 g/mol. The summed E-state index contributed by atoms with van der Waals surface area (Å²) in [7, 11) is 0.629. The molecule has 0 saturated carbocycles. The van der Waals surface area contributed by atoms with Crippen LogP contribution in [0.4, 0.5) is 13.2 Å². The summed E-state index contributed by atoms with van der Waals surface area (Å²) in [6, 6.07) is 6.71. The topological polar surface area (TPSA) is 0 Å². The molecule has 21 heavy (non-hydrogen) atoms. The molecule has 1 aromatic carbocycles. The first-order valence-corrected chi connectivity index (χ1v) is 9.16. The zero-order valence-corrected chi connectivity index (χ0v) is 13.8. The van der Waals surface area contributed by atoms with E-state index < -0.39 is 11.7 Å². The van der Waals surface area contributed by atoms with E-state index in [1.54, 1.807) is 12.1 Å². The van der Waals surface area contributed by atoms with E-state index in [1.165, 1.54) is 63.5 Å². The molecule has 0 saturated heterocycles. The number of rotatable bonds is 10. The quantitative estimate of drug-likeness (QED) is 0.390. The fourth-order valence-corrected chi connectivity index (χ4v) is 3.39. The Kier molecular flexibility index (Phi) is 8.74. The number of hydrogen-bond acceptors (Lipinski definition) is 0. The van der Waals surface area contributed by atoms with Crippen molar-refractivity contribution in [3.8, 4) is 0 Å². The Morgan fingerprint density at radius 1 is 0.810 bits per heavy atom. The zero-order chi connectivity index (χ0) is 15.6. The van der Waals surface area contributed by atoms with Gasteiger partial charge in [0.1, 0.15) is 0 Å². The molecule has 0 amide bonds. The first kappa shape index (κ1) is 18.3. The fraction of sp³-hybridized carbons (Fsp3) is 0.647. The largest absolute Gasteiger partial charge is 0.416 e.